The molecule has 0 amide bonds. The van der Waals surface area contributed by atoms with E-state index in [9.17, 15) is 4.79 Å². The predicted octanol–water partition coefficient (Wildman–Crippen LogP) is 1.83. The van der Waals surface area contributed by atoms with Crippen molar-refractivity contribution in [3.63, 3.8) is 0 Å². The van der Waals surface area contributed by atoms with E-state index in [0.717, 1.165) is 5.56 Å². The fourth-order valence-electron chi connectivity index (χ4n) is 0.981. The molecule has 1 aromatic heterocycles. The molecule has 0 saturated carbocycles. The number of rotatable bonds is 4. The third-order valence-corrected chi connectivity index (χ3v) is 2.74. The maximum absolute atomic E-state index is 11.0. The highest BCUT2D eigenvalue weighted by Gasteiger charge is 2.11. The summed E-state index contributed by atoms with van der Waals surface area (Å²) < 4.78 is 4.58. The molecule has 1 unspecified atom stereocenters. The number of hydrogen-bond donors (Lipinski definition) is 0. The van der Waals surface area contributed by atoms with Crippen molar-refractivity contribution in [2.75, 3.05) is 7.11 Å². The maximum Gasteiger partial charge on any atom is 0.306 e. The van der Waals surface area contributed by atoms with Crippen LogP contribution in [0.2, 0.25) is 0 Å². The molecule has 0 fully saturated rings. The second-order valence-corrected chi connectivity index (χ2v) is 4.66. The van der Waals surface area contributed by atoms with Gasteiger partial charge in [-0.3, -0.25) is 4.79 Å². The van der Waals surface area contributed by atoms with Gasteiger partial charge in [-0.2, -0.15) is 0 Å². The van der Waals surface area contributed by atoms with E-state index >= 15 is 0 Å². The van der Waals surface area contributed by atoms with Crippen molar-refractivity contribution in [1.29, 1.82) is 0 Å². The van der Waals surface area contributed by atoms with Gasteiger partial charge in [0.15, 0.2) is 5.16 Å². The number of carbonyl (C=O) groups is 1. The first-order valence-electron chi connectivity index (χ1n) is 4.64. The van der Waals surface area contributed by atoms with Gasteiger partial charge >= 0.3 is 5.97 Å². The SMILES string of the molecule is COC(=O)CC(C)Sc1ncc(C)cn1. The quantitative estimate of drug-likeness (QED) is 0.445. The van der Waals surface area contributed by atoms with Crippen LogP contribution in [0.15, 0.2) is 17.6 Å². The van der Waals surface area contributed by atoms with Gasteiger partial charge in [-0.05, 0) is 12.5 Å². The van der Waals surface area contributed by atoms with Gasteiger partial charge < -0.3 is 4.74 Å². The van der Waals surface area contributed by atoms with E-state index in [1.54, 1.807) is 12.4 Å². The predicted molar refractivity (Wildman–Crippen MR) is 58.7 cm³/mol. The summed E-state index contributed by atoms with van der Waals surface area (Å²) in [5.74, 6) is -0.206. The van der Waals surface area contributed by atoms with E-state index in [0.29, 0.717) is 11.6 Å². The van der Waals surface area contributed by atoms with Gasteiger partial charge in [-0.1, -0.05) is 18.7 Å². The van der Waals surface area contributed by atoms with Crippen molar-refractivity contribution in [1.82, 2.24) is 9.97 Å². The van der Waals surface area contributed by atoms with Crippen molar-refractivity contribution in [3.05, 3.63) is 18.0 Å². The topological polar surface area (TPSA) is 52.1 Å². The van der Waals surface area contributed by atoms with E-state index < -0.39 is 0 Å². The van der Waals surface area contributed by atoms with Crippen LogP contribution in [-0.4, -0.2) is 28.3 Å². The largest absolute Gasteiger partial charge is 0.469 e. The second kappa shape index (κ2) is 5.70. The Morgan fingerprint density at radius 3 is 2.67 bits per heavy atom. The first kappa shape index (κ1) is 12.0. The zero-order valence-electron chi connectivity index (χ0n) is 9.06. The molecule has 0 bridgehead atoms. The van der Waals surface area contributed by atoms with Crippen LogP contribution in [0.5, 0.6) is 0 Å². The molecule has 0 aliphatic carbocycles. The fourth-order valence-corrected chi connectivity index (χ4v) is 1.79. The van der Waals surface area contributed by atoms with Gasteiger partial charge in [0.05, 0.1) is 13.5 Å². The summed E-state index contributed by atoms with van der Waals surface area (Å²) in [6, 6.07) is 0. The van der Waals surface area contributed by atoms with Crippen LogP contribution in [-0.2, 0) is 9.53 Å². The first-order chi connectivity index (χ1) is 7.11. The summed E-state index contributed by atoms with van der Waals surface area (Å²) in [5, 5.41) is 0.817. The first-order valence-corrected chi connectivity index (χ1v) is 5.52. The Hall–Kier alpha value is -1.10. The average molecular weight is 226 g/mol. The summed E-state index contributed by atoms with van der Waals surface area (Å²) >= 11 is 1.47. The number of ether oxygens (including phenoxy) is 1. The van der Waals surface area contributed by atoms with Crippen LogP contribution < -0.4 is 0 Å². The molecule has 0 aliphatic rings. The van der Waals surface area contributed by atoms with Crippen molar-refractivity contribution in [2.45, 2.75) is 30.7 Å². The van der Waals surface area contributed by atoms with Gasteiger partial charge in [0.2, 0.25) is 0 Å². The van der Waals surface area contributed by atoms with Gasteiger partial charge in [0, 0.05) is 17.6 Å². The van der Waals surface area contributed by atoms with Crippen LogP contribution in [0.4, 0.5) is 0 Å². The lowest BCUT2D eigenvalue weighted by molar-refractivity contribution is -0.140. The molecule has 0 aromatic carbocycles. The Balaban J connectivity index is 2.47. The number of aromatic nitrogens is 2. The zero-order valence-corrected chi connectivity index (χ0v) is 9.87. The Kier molecular flexibility index (Phi) is 4.55. The van der Waals surface area contributed by atoms with Crippen molar-refractivity contribution in [2.24, 2.45) is 0 Å². The Morgan fingerprint density at radius 1 is 1.53 bits per heavy atom. The van der Waals surface area contributed by atoms with Gasteiger partial charge in [0.1, 0.15) is 0 Å². The van der Waals surface area contributed by atoms with E-state index in [4.69, 9.17) is 0 Å². The van der Waals surface area contributed by atoms with Crippen LogP contribution in [0, 0.1) is 6.92 Å². The van der Waals surface area contributed by atoms with E-state index in [1.165, 1.54) is 18.9 Å². The molecule has 5 heteroatoms. The molecule has 0 radical (unpaired) electrons. The molecule has 0 spiro atoms. The summed E-state index contributed by atoms with van der Waals surface area (Å²) in [7, 11) is 1.39. The van der Waals surface area contributed by atoms with Crippen molar-refractivity contribution >= 4 is 17.7 Å². The highest BCUT2D eigenvalue weighted by Crippen LogP contribution is 2.21. The van der Waals surface area contributed by atoms with E-state index in [1.807, 2.05) is 13.8 Å². The van der Waals surface area contributed by atoms with E-state index in [-0.39, 0.29) is 11.2 Å². The molecule has 1 atom stereocenters. The highest BCUT2D eigenvalue weighted by molar-refractivity contribution is 7.99. The van der Waals surface area contributed by atoms with Gasteiger partial charge in [-0.25, -0.2) is 9.97 Å². The normalized spacial score (nSPS) is 12.2. The van der Waals surface area contributed by atoms with Gasteiger partial charge in [0.25, 0.3) is 0 Å². The molecule has 1 heterocycles. The lowest BCUT2D eigenvalue weighted by Gasteiger charge is -2.07. The highest BCUT2D eigenvalue weighted by atomic mass is 32.2. The lowest BCUT2D eigenvalue weighted by Crippen LogP contribution is -2.09. The van der Waals surface area contributed by atoms with Crippen molar-refractivity contribution in [3.8, 4) is 0 Å². The number of esters is 1. The van der Waals surface area contributed by atoms with E-state index in [2.05, 4.69) is 14.7 Å². The molecule has 0 N–H and O–H groups in total. The molecule has 0 aliphatic heterocycles. The number of nitrogens with zero attached hydrogens (tertiary/aromatic N) is 2. The molecule has 82 valence electrons. The number of hydrogen-bond acceptors (Lipinski definition) is 5. The average Bonchev–Trinajstić information content (AvgIpc) is 2.21. The van der Waals surface area contributed by atoms with Crippen LogP contribution in [0.3, 0.4) is 0 Å². The maximum atomic E-state index is 11.0. The second-order valence-electron chi connectivity index (χ2n) is 3.25. The third kappa shape index (κ3) is 4.29. The number of carbonyl (C=O) groups excluding carboxylic acids is 1. The van der Waals surface area contributed by atoms with Crippen molar-refractivity contribution < 1.29 is 9.53 Å². The minimum atomic E-state index is -0.206. The molecular formula is C10H14N2O2S. The van der Waals surface area contributed by atoms with Gasteiger partial charge in [-0.15, -0.1) is 0 Å². The number of thioether (sulfide) groups is 1. The summed E-state index contributed by atoms with van der Waals surface area (Å²) in [6.45, 7) is 3.89. The molecule has 1 rings (SSSR count). The Bertz CT molecular complexity index is 327. The number of methoxy groups -OCH3 is 1. The monoisotopic (exact) mass is 226 g/mol. The van der Waals surface area contributed by atoms with Crippen LogP contribution in [0.25, 0.3) is 0 Å². The molecule has 1 aromatic rings. The molecule has 15 heavy (non-hydrogen) atoms. The molecule has 0 saturated heterocycles. The lowest BCUT2D eigenvalue weighted by atomic mass is 10.3. The third-order valence-electron chi connectivity index (χ3n) is 1.75. The Morgan fingerprint density at radius 2 is 2.13 bits per heavy atom. The molecular weight excluding hydrogens is 212 g/mol. The van der Waals surface area contributed by atoms with Crippen LogP contribution in [0.1, 0.15) is 18.9 Å². The minimum absolute atomic E-state index is 0.125. The standard InChI is InChI=1S/C10H14N2O2S/c1-7-5-11-10(12-6-7)15-8(2)4-9(13)14-3/h5-6,8H,4H2,1-3H3. The molecule has 4 nitrogen and oxygen atoms in total. The summed E-state index contributed by atoms with van der Waals surface area (Å²) in [4.78, 5) is 19.3. The Labute approximate surface area is 93.5 Å². The number of aryl methyl sites for hydroxylation is 1. The smallest absolute Gasteiger partial charge is 0.306 e. The minimum Gasteiger partial charge on any atom is -0.469 e. The zero-order chi connectivity index (χ0) is 11.3. The summed E-state index contributed by atoms with van der Waals surface area (Å²) in [6.07, 6.45) is 3.90. The van der Waals surface area contributed by atoms with Crippen LogP contribution >= 0.6 is 11.8 Å². The summed E-state index contributed by atoms with van der Waals surface area (Å²) in [5.41, 5.74) is 1.03. The fraction of sp³-hybridized carbons (Fsp3) is 0.500.